The van der Waals surface area contributed by atoms with E-state index in [0.29, 0.717) is 24.1 Å². The number of aliphatic hydroxyl groups is 1. The van der Waals surface area contributed by atoms with E-state index in [4.69, 9.17) is 6.57 Å². The number of nitrogens with one attached hydrogen (secondary N) is 1. The molecule has 17 heteroatoms. The van der Waals surface area contributed by atoms with E-state index in [-0.39, 0.29) is 34.4 Å². The van der Waals surface area contributed by atoms with Crippen molar-refractivity contribution in [2.24, 2.45) is 5.92 Å². The number of hydrogen-bond acceptors (Lipinski definition) is 8. The van der Waals surface area contributed by atoms with Crippen LogP contribution in [-0.2, 0) is 20.4 Å². The second kappa shape index (κ2) is 8.21. The summed E-state index contributed by atoms with van der Waals surface area (Å²) in [4.78, 5) is 24.0. The molecule has 0 radical (unpaired) electrons. The van der Waals surface area contributed by atoms with Crippen LogP contribution in [0.5, 0.6) is 0 Å². The molecule has 1 saturated heterocycles. The summed E-state index contributed by atoms with van der Waals surface area (Å²) < 4.78 is 65.0. The monoisotopic (exact) mass is 525 g/mol. The van der Waals surface area contributed by atoms with Gasteiger partial charge in [-0.1, -0.05) is 0 Å². The zero-order valence-corrected chi connectivity index (χ0v) is 19.1. The maximum Gasteiger partial charge on any atom is 0.511 e. The van der Waals surface area contributed by atoms with Crippen molar-refractivity contribution in [1.29, 1.82) is 0 Å². The molecule has 1 aliphatic carbocycles. The van der Waals surface area contributed by atoms with Crippen LogP contribution in [0.2, 0.25) is 0 Å². The highest BCUT2D eigenvalue weighted by atomic mass is 32.2. The lowest BCUT2D eigenvalue weighted by Gasteiger charge is -2.45. The van der Waals surface area contributed by atoms with Crippen LogP contribution in [0.25, 0.3) is 21.9 Å². The van der Waals surface area contributed by atoms with Crippen molar-refractivity contribution in [1.82, 2.24) is 33.7 Å². The van der Waals surface area contributed by atoms with Gasteiger partial charge in [-0.3, -0.25) is 14.8 Å². The van der Waals surface area contributed by atoms with Crippen molar-refractivity contribution < 1.29 is 31.5 Å². The number of alkyl halides is 3. The predicted molar refractivity (Wildman–Crippen MR) is 115 cm³/mol. The Morgan fingerprint density at radius 2 is 2.06 bits per heavy atom. The number of halogens is 3. The Morgan fingerprint density at radius 1 is 1.33 bits per heavy atom. The number of nitrogens with zero attached hydrogens (tertiary/aromatic N) is 8. The number of sulfonamides is 1. The van der Waals surface area contributed by atoms with Crippen LogP contribution < -0.4 is 5.32 Å². The lowest BCUT2D eigenvalue weighted by molar-refractivity contribution is -0.126. The van der Waals surface area contributed by atoms with Crippen molar-refractivity contribution in [3.63, 3.8) is 0 Å². The van der Waals surface area contributed by atoms with Crippen LogP contribution in [0, 0.1) is 12.5 Å². The molecule has 1 amide bonds. The molecule has 2 fully saturated rings. The Balaban J connectivity index is 1.40. The van der Waals surface area contributed by atoms with Crippen molar-refractivity contribution in [2.45, 2.75) is 30.0 Å². The SMILES string of the molecule is [C-]#[N+]CC1(n2cc(-c3nccc4nc(NC(=O)C5CC(O)C5)nn34)cn2)CN(S(=O)(=O)C(F)(F)F)C1. The zero-order chi connectivity index (χ0) is 25.9. The number of aliphatic hydroxyl groups excluding tert-OH is 1. The fourth-order valence-corrected chi connectivity index (χ4v) is 5.28. The number of aromatic nitrogens is 6. The Hall–Kier alpha value is -3.62. The van der Waals surface area contributed by atoms with E-state index in [1.165, 1.54) is 27.8 Å². The molecule has 13 nitrogen and oxygen atoms in total. The first-order chi connectivity index (χ1) is 16.9. The number of hydrogen-bond donors (Lipinski definition) is 2. The van der Waals surface area contributed by atoms with Gasteiger partial charge < -0.3 is 9.95 Å². The Morgan fingerprint density at radius 3 is 2.69 bits per heavy atom. The van der Waals surface area contributed by atoms with E-state index in [1.54, 1.807) is 6.07 Å². The van der Waals surface area contributed by atoms with Gasteiger partial charge >= 0.3 is 15.5 Å². The lowest BCUT2D eigenvalue weighted by Crippen LogP contribution is -2.67. The number of carbonyl (C=O) groups excluding carboxylic acids is 1. The number of rotatable bonds is 6. The molecule has 190 valence electrons. The van der Waals surface area contributed by atoms with Gasteiger partial charge in [-0.2, -0.15) is 32.1 Å². The van der Waals surface area contributed by atoms with Crippen LogP contribution in [-0.4, -0.2) is 84.3 Å². The summed E-state index contributed by atoms with van der Waals surface area (Å²) in [6.45, 7) is 5.78. The van der Waals surface area contributed by atoms with Gasteiger partial charge in [0, 0.05) is 37.5 Å². The van der Waals surface area contributed by atoms with Gasteiger partial charge in [-0.25, -0.2) is 20.0 Å². The van der Waals surface area contributed by atoms with Gasteiger partial charge in [-0.15, -0.1) is 5.10 Å². The van der Waals surface area contributed by atoms with E-state index in [0.717, 1.165) is 0 Å². The first-order valence-electron chi connectivity index (χ1n) is 10.6. The molecule has 0 spiro atoms. The molecule has 5 rings (SSSR count). The quantitative estimate of drug-likeness (QED) is 0.441. The van der Waals surface area contributed by atoms with Gasteiger partial charge in [-0.05, 0) is 12.8 Å². The van der Waals surface area contributed by atoms with Crippen LogP contribution in [0.1, 0.15) is 12.8 Å². The van der Waals surface area contributed by atoms with E-state index in [2.05, 4.69) is 30.3 Å². The minimum Gasteiger partial charge on any atom is -0.393 e. The molecule has 1 saturated carbocycles. The summed E-state index contributed by atoms with van der Waals surface area (Å²) in [5, 5.41) is 20.4. The fourth-order valence-electron chi connectivity index (χ4n) is 4.17. The van der Waals surface area contributed by atoms with Gasteiger partial charge in [0.05, 0.1) is 17.9 Å². The number of fused-ring (bicyclic) bond motifs is 1. The highest BCUT2D eigenvalue weighted by Crippen LogP contribution is 2.38. The molecule has 3 aromatic rings. The van der Waals surface area contributed by atoms with Gasteiger partial charge in [0.15, 0.2) is 17.0 Å². The van der Waals surface area contributed by atoms with Crippen molar-refractivity contribution >= 4 is 27.5 Å². The minimum atomic E-state index is -5.52. The number of carbonyl (C=O) groups is 1. The Kier molecular flexibility index (Phi) is 5.50. The van der Waals surface area contributed by atoms with E-state index < -0.39 is 40.3 Å². The van der Waals surface area contributed by atoms with Crippen LogP contribution in [0.4, 0.5) is 19.1 Å². The molecular weight excluding hydrogens is 507 g/mol. The smallest absolute Gasteiger partial charge is 0.393 e. The summed E-state index contributed by atoms with van der Waals surface area (Å²) in [6, 6.07) is 1.55. The molecule has 3 aromatic heterocycles. The van der Waals surface area contributed by atoms with Crippen LogP contribution >= 0.6 is 0 Å². The van der Waals surface area contributed by atoms with Crippen molar-refractivity contribution in [3.8, 4) is 11.4 Å². The van der Waals surface area contributed by atoms with E-state index in [9.17, 15) is 31.5 Å². The molecule has 2 aliphatic rings. The minimum absolute atomic E-state index is 0.0273. The maximum atomic E-state index is 12.9. The molecule has 36 heavy (non-hydrogen) atoms. The van der Waals surface area contributed by atoms with Crippen molar-refractivity contribution in [3.05, 3.63) is 36.1 Å². The zero-order valence-electron chi connectivity index (χ0n) is 18.3. The third-order valence-electron chi connectivity index (χ3n) is 6.25. The summed E-state index contributed by atoms with van der Waals surface area (Å²) in [7, 11) is -5.52. The predicted octanol–water partition coefficient (Wildman–Crippen LogP) is 0.477. The molecule has 0 atom stereocenters. The summed E-state index contributed by atoms with van der Waals surface area (Å²) in [5.41, 5.74) is -5.99. The molecule has 0 unspecified atom stereocenters. The molecule has 0 bridgehead atoms. The number of anilines is 1. The third-order valence-corrected chi connectivity index (χ3v) is 7.77. The second-order valence-corrected chi connectivity index (χ2v) is 10.6. The van der Waals surface area contributed by atoms with Gasteiger partial charge in [0.2, 0.25) is 18.4 Å². The molecule has 2 N–H and O–H groups in total. The first kappa shape index (κ1) is 24.1. The first-order valence-corrected chi connectivity index (χ1v) is 12.0. The lowest BCUT2D eigenvalue weighted by atomic mass is 9.82. The molecular formula is C19H18F3N9O4S. The average molecular weight is 525 g/mol. The average Bonchev–Trinajstić information content (AvgIpc) is 3.39. The fraction of sp³-hybridized carbons (Fsp3) is 0.474. The normalized spacial score (nSPS) is 22.0. The Labute approximate surface area is 201 Å². The van der Waals surface area contributed by atoms with E-state index >= 15 is 0 Å². The summed E-state index contributed by atoms with van der Waals surface area (Å²) >= 11 is 0. The van der Waals surface area contributed by atoms with Gasteiger partial charge in [0.25, 0.3) is 0 Å². The highest BCUT2D eigenvalue weighted by molar-refractivity contribution is 7.90. The van der Waals surface area contributed by atoms with Gasteiger partial charge in [0.1, 0.15) is 0 Å². The number of amides is 1. The maximum absolute atomic E-state index is 12.9. The summed E-state index contributed by atoms with van der Waals surface area (Å²) in [5.74, 6) is -0.366. The Bertz CT molecular complexity index is 1480. The molecule has 4 heterocycles. The highest BCUT2D eigenvalue weighted by Gasteiger charge is 2.60. The van der Waals surface area contributed by atoms with Crippen molar-refractivity contribution in [2.75, 3.05) is 25.0 Å². The third kappa shape index (κ3) is 3.86. The van der Waals surface area contributed by atoms with Crippen LogP contribution in [0.3, 0.4) is 0 Å². The standard InChI is InChI=1S/C19H18F3N9O4S/c1-23-8-18(9-29(10-18)36(34,35)19(20,21)22)30-7-12(6-25-30)15-24-3-2-14-26-17(28-31(14)15)27-16(33)11-4-13(32)5-11/h2-3,6-7,11,13,32H,4-5,8-10H2,(H,27,28,33). The van der Waals surface area contributed by atoms with Crippen LogP contribution in [0.15, 0.2) is 24.7 Å². The molecule has 0 aromatic carbocycles. The largest absolute Gasteiger partial charge is 0.511 e. The second-order valence-electron chi connectivity index (χ2n) is 8.72. The summed E-state index contributed by atoms with van der Waals surface area (Å²) in [6.07, 6.45) is 4.48. The topological polar surface area (TPSA) is 152 Å². The molecule has 1 aliphatic heterocycles. The van der Waals surface area contributed by atoms with E-state index in [1.807, 2.05) is 0 Å².